The summed E-state index contributed by atoms with van der Waals surface area (Å²) in [7, 11) is 3.48. The molecule has 0 heterocycles. The van der Waals surface area contributed by atoms with Crippen LogP contribution in [0.5, 0.6) is 0 Å². The van der Waals surface area contributed by atoms with Crippen LogP contribution in [0.4, 0.5) is 0 Å². The molecule has 96 valence electrons. The summed E-state index contributed by atoms with van der Waals surface area (Å²) in [5, 5.41) is 1.38. The normalized spacial score (nSPS) is 11.3. The number of halogens is 2. The lowest BCUT2D eigenvalue weighted by molar-refractivity contribution is 1.43. The molecule has 18 heavy (non-hydrogen) atoms. The van der Waals surface area contributed by atoms with Gasteiger partial charge < -0.3 is 0 Å². The maximum Gasteiger partial charge on any atom is 0.0446 e. The first-order chi connectivity index (χ1) is 8.65. The van der Waals surface area contributed by atoms with Gasteiger partial charge in [-0.05, 0) is 17.2 Å². The highest BCUT2D eigenvalue weighted by Crippen LogP contribution is 2.32. The zero-order valence-electron chi connectivity index (χ0n) is 9.86. The molecule has 0 aromatic heterocycles. The second kappa shape index (κ2) is 8.76. The summed E-state index contributed by atoms with van der Waals surface area (Å²) in [6.07, 6.45) is 3.61. The van der Waals surface area contributed by atoms with Gasteiger partial charge in [0.25, 0.3) is 0 Å². The number of rotatable bonds is 7. The van der Waals surface area contributed by atoms with Gasteiger partial charge in [-0.2, -0.15) is 0 Å². The van der Waals surface area contributed by atoms with Gasteiger partial charge >= 0.3 is 0 Å². The summed E-state index contributed by atoms with van der Waals surface area (Å²) in [6, 6.07) is 7.88. The molecule has 0 aliphatic heterocycles. The Morgan fingerprint density at radius 3 is 2.61 bits per heavy atom. The molecule has 0 nitrogen and oxygen atoms in total. The summed E-state index contributed by atoms with van der Waals surface area (Å²) >= 11 is 12.0. The van der Waals surface area contributed by atoms with E-state index in [2.05, 4.69) is 13.2 Å². The van der Waals surface area contributed by atoms with Crippen LogP contribution in [0.2, 0.25) is 5.02 Å². The molecule has 0 saturated carbocycles. The molecule has 0 aliphatic carbocycles. The van der Waals surface area contributed by atoms with Crippen LogP contribution in [0.15, 0.2) is 60.2 Å². The van der Waals surface area contributed by atoms with E-state index in [-0.39, 0.29) is 0 Å². The standard InChI is InChI=1S/C14H14Cl2S2/c1-3-6-12(11(2)15)9-17-18-10-13-7-4-5-8-14(13)16/h3-8H,1-2,9-10H2/b12-6-. The van der Waals surface area contributed by atoms with Gasteiger partial charge in [-0.1, -0.05) is 88.3 Å². The fourth-order valence-electron chi connectivity index (χ4n) is 1.18. The molecular formula is C14H14Cl2S2. The second-order valence-electron chi connectivity index (χ2n) is 3.45. The van der Waals surface area contributed by atoms with Crippen molar-refractivity contribution in [3.05, 3.63) is 70.8 Å². The van der Waals surface area contributed by atoms with E-state index in [0.29, 0.717) is 5.03 Å². The molecule has 1 rings (SSSR count). The minimum atomic E-state index is 0.570. The Morgan fingerprint density at radius 1 is 1.28 bits per heavy atom. The third kappa shape index (κ3) is 5.57. The van der Waals surface area contributed by atoms with Crippen molar-refractivity contribution >= 4 is 44.8 Å². The molecule has 0 aliphatic rings. The minimum Gasteiger partial charge on any atom is -0.0991 e. The summed E-state index contributed by atoms with van der Waals surface area (Å²) in [5.41, 5.74) is 2.15. The Hall–Kier alpha value is -0.280. The predicted molar refractivity (Wildman–Crippen MR) is 88.5 cm³/mol. The van der Waals surface area contributed by atoms with Gasteiger partial charge in [-0.25, -0.2) is 0 Å². The Morgan fingerprint density at radius 2 is 2.00 bits per heavy atom. The van der Waals surface area contributed by atoms with E-state index in [9.17, 15) is 0 Å². The molecule has 0 amide bonds. The summed E-state index contributed by atoms with van der Waals surface area (Å²) in [5.74, 6) is 1.68. The number of allylic oxidation sites excluding steroid dienone is 3. The first kappa shape index (κ1) is 15.8. The van der Waals surface area contributed by atoms with Crippen LogP contribution in [0.1, 0.15) is 5.56 Å². The van der Waals surface area contributed by atoms with Crippen LogP contribution in [-0.4, -0.2) is 5.75 Å². The largest absolute Gasteiger partial charge is 0.0991 e. The maximum atomic E-state index is 6.08. The lowest BCUT2D eigenvalue weighted by Crippen LogP contribution is -1.85. The van der Waals surface area contributed by atoms with Gasteiger partial charge in [0, 0.05) is 21.6 Å². The molecule has 0 fully saturated rings. The van der Waals surface area contributed by atoms with Crippen LogP contribution >= 0.6 is 44.8 Å². The molecule has 4 heteroatoms. The van der Waals surface area contributed by atoms with Gasteiger partial charge in [0.2, 0.25) is 0 Å². The monoisotopic (exact) mass is 316 g/mol. The van der Waals surface area contributed by atoms with E-state index in [1.807, 2.05) is 30.3 Å². The van der Waals surface area contributed by atoms with Crippen molar-refractivity contribution in [2.24, 2.45) is 0 Å². The van der Waals surface area contributed by atoms with Gasteiger partial charge in [0.15, 0.2) is 0 Å². The fourth-order valence-corrected chi connectivity index (χ4v) is 3.88. The lowest BCUT2D eigenvalue weighted by atomic mass is 10.2. The molecule has 0 bridgehead atoms. The van der Waals surface area contributed by atoms with Gasteiger partial charge in [0.1, 0.15) is 0 Å². The molecule has 1 aromatic rings. The van der Waals surface area contributed by atoms with Crippen LogP contribution in [0.3, 0.4) is 0 Å². The summed E-state index contributed by atoms with van der Waals surface area (Å²) in [6.45, 7) is 7.39. The van der Waals surface area contributed by atoms with Crippen LogP contribution < -0.4 is 0 Å². The minimum absolute atomic E-state index is 0.570. The highest BCUT2D eigenvalue weighted by Gasteiger charge is 2.02. The van der Waals surface area contributed by atoms with Crippen molar-refractivity contribution < 1.29 is 0 Å². The molecule has 0 spiro atoms. The fraction of sp³-hybridized carbons (Fsp3) is 0.143. The van der Waals surface area contributed by atoms with Gasteiger partial charge in [-0.3, -0.25) is 0 Å². The number of hydrogen-bond acceptors (Lipinski definition) is 2. The van der Waals surface area contributed by atoms with E-state index in [0.717, 1.165) is 27.7 Å². The molecule has 0 unspecified atom stereocenters. The van der Waals surface area contributed by atoms with Crippen molar-refractivity contribution in [2.45, 2.75) is 5.75 Å². The van der Waals surface area contributed by atoms with Crippen LogP contribution in [0.25, 0.3) is 0 Å². The van der Waals surface area contributed by atoms with Crippen molar-refractivity contribution in [2.75, 3.05) is 5.75 Å². The first-order valence-corrected chi connectivity index (χ1v) is 8.53. The number of benzene rings is 1. The summed E-state index contributed by atoms with van der Waals surface area (Å²) in [4.78, 5) is 0. The molecule has 1 aromatic carbocycles. The third-order valence-corrected chi connectivity index (χ3v) is 4.98. The summed E-state index contributed by atoms with van der Waals surface area (Å²) < 4.78 is 0. The topological polar surface area (TPSA) is 0 Å². The van der Waals surface area contributed by atoms with Crippen molar-refractivity contribution in [1.82, 2.24) is 0 Å². The van der Waals surface area contributed by atoms with Gasteiger partial charge in [0.05, 0.1) is 0 Å². The Labute approximate surface area is 127 Å². The lowest BCUT2D eigenvalue weighted by Gasteiger charge is -2.05. The first-order valence-electron chi connectivity index (χ1n) is 5.29. The van der Waals surface area contributed by atoms with Crippen molar-refractivity contribution in [1.29, 1.82) is 0 Å². The van der Waals surface area contributed by atoms with Gasteiger partial charge in [-0.15, -0.1) is 0 Å². The Balaban J connectivity index is 2.39. The Kier molecular flexibility index (Phi) is 7.68. The quantitative estimate of drug-likeness (QED) is 0.339. The predicted octanol–water partition coefficient (Wildman–Crippen LogP) is 6.09. The average Bonchev–Trinajstić information content (AvgIpc) is 2.35. The van der Waals surface area contributed by atoms with E-state index >= 15 is 0 Å². The molecule has 0 atom stereocenters. The van der Waals surface area contributed by atoms with E-state index < -0.39 is 0 Å². The average molecular weight is 317 g/mol. The third-order valence-electron chi connectivity index (χ3n) is 2.14. The highest BCUT2D eigenvalue weighted by molar-refractivity contribution is 8.76. The molecule has 0 radical (unpaired) electrons. The van der Waals surface area contributed by atoms with E-state index in [1.54, 1.807) is 27.7 Å². The second-order valence-corrected chi connectivity index (χ2v) is 6.77. The smallest absolute Gasteiger partial charge is 0.0446 e. The van der Waals surface area contributed by atoms with Crippen molar-refractivity contribution in [3.63, 3.8) is 0 Å². The zero-order valence-corrected chi connectivity index (χ0v) is 13.0. The van der Waals surface area contributed by atoms with E-state index in [4.69, 9.17) is 23.2 Å². The zero-order chi connectivity index (χ0) is 13.4. The maximum absolute atomic E-state index is 6.08. The molecular weight excluding hydrogens is 303 g/mol. The van der Waals surface area contributed by atoms with Crippen LogP contribution in [-0.2, 0) is 5.75 Å². The van der Waals surface area contributed by atoms with Crippen molar-refractivity contribution in [3.8, 4) is 0 Å². The Bertz CT molecular complexity index is 453. The SMILES string of the molecule is C=C/C=C(/CSSCc1ccccc1Cl)C(=C)Cl. The van der Waals surface area contributed by atoms with Crippen LogP contribution in [0, 0.1) is 0 Å². The highest BCUT2D eigenvalue weighted by atomic mass is 35.5. The van der Waals surface area contributed by atoms with E-state index in [1.165, 1.54) is 0 Å². The molecule has 0 saturated heterocycles. The number of hydrogen-bond donors (Lipinski definition) is 0. The molecule has 0 N–H and O–H groups in total.